The molecule has 1 heteroatoms. The van der Waals surface area contributed by atoms with E-state index in [1.54, 1.807) is 6.07 Å². The Labute approximate surface area is 80.4 Å². The van der Waals surface area contributed by atoms with Gasteiger partial charge in [-0.05, 0) is 17.4 Å². The van der Waals surface area contributed by atoms with E-state index in [0.29, 0.717) is 17.6 Å². The number of rotatable bonds is 2. The van der Waals surface area contributed by atoms with Crippen LogP contribution in [-0.2, 0) is 0 Å². The fourth-order valence-corrected chi connectivity index (χ4v) is 1.62. The third-order valence-electron chi connectivity index (χ3n) is 2.25. The summed E-state index contributed by atoms with van der Waals surface area (Å²) >= 11 is 0. The molecule has 0 saturated heterocycles. The molecule has 0 aromatic heterocycles. The van der Waals surface area contributed by atoms with Gasteiger partial charge in [0.1, 0.15) is 5.75 Å². The molecule has 0 spiro atoms. The van der Waals surface area contributed by atoms with Crippen LogP contribution in [0.5, 0.6) is 5.75 Å². The molecule has 0 saturated carbocycles. The van der Waals surface area contributed by atoms with Crippen molar-refractivity contribution in [2.75, 3.05) is 0 Å². The number of benzene rings is 1. The van der Waals surface area contributed by atoms with Crippen molar-refractivity contribution in [1.82, 2.24) is 0 Å². The van der Waals surface area contributed by atoms with E-state index in [2.05, 4.69) is 33.8 Å². The van der Waals surface area contributed by atoms with Gasteiger partial charge in [-0.25, -0.2) is 0 Å². The van der Waals surface area contributed by atoms with E-state index in [-0.39, 0.29) is 0 Å². The zero-order valence-corrected chi connectivity index (χ0v) is 8.76. The van der Waals surface area contributed by atoms with Gasteiger partial charge in [0.05, 0.1) is 0 Å². The molecule has 0 bridgehead atoms. The minimum atomic E-state index is 0.307. The van der Waals surface area contributed by atoms with Gasteiger partial charge in [-0.15, -0.1) is 0 Å². The fraction of sp³-hybridized carbons (Fsp3) is 0.500. The molecule has 0 amide bonds. The number of aromatic hydroxyl groups is 1. The lowest BCUT2D eigenvalue weighted by molar-refractivity contribution is 0.461. The molecule has 0 fully saturated rings. The molecule has 1 radical (unpaired) electrons. The van der Waals surface area contributed by atoms with E-state index >= 15 is 0 Å². The summed E-state index contributed by atoms with van der Waals surface area (Å²) < 4.78 is 0. The van der Waals surface area contributed by atoms with Gasteiger partial charge in [0.15, 0.2) is 0 Å². The number of hydrogen-bond acceptors (Lipinski definition) is 1. The Morgan fingerprint density at radius 2 is 1.77 bits per heavy atom. The Morgan fingerprint density at radius 1 is 1.15 bits per heavy atom. The summed E-state index contributed by atoms with van der Waals surface area (Å²) in [5.41, 5.74) is 2.27. The van der Waals surface area contributed by atoms with Crippen LogP contribution in [0.4, 0.5) is 0 Å². The zero-order chi connectivity index (χ0) is 10.0. The van der Waals surface area contributed by atoms with Crippen molar-refractivity contribution in [2.24, 2.45) is 0 Å². The summed E-state index contributed by atoms with van der Waals surface area (Å²) in [6, 6.07) is 6.66. The lowest BCUT2D eigenvalue weighted by atomic mass is 9.90. The van der Waals surface area contributed by atoms with Crippen LogP contribution in [0.3, 0.4) is 0 Å². The van der Waals surface area contributed by atoms with E-state index in [4.69, 9.17) is 0 Å². The highest BCUT2D eigenvalue weighted by molar-refractivity contribution is 5.42. The van der Waals surface area contributed by atoms with Crippen LogP contribution in [0.15, 0.2) is 12.1 Å². The molecule has 1 rings (SSSR count). The fourth-order valence-electron chi connectivity index (χ4n) is 1.62. The van der Waals surface area contributed by atoms with E-state index in [1.165, 1.54) is 5.56 Å². The van der Waals surface area contributed by atoms with Gasteiger partial charge >= 0.3 is 0 Å². The molecule has 13 heavy (non-hydrogen) atoms. The van der Waals surface area contributed by atoms with Crippen molar-refractivity contribution in [3.63, 3.8) is 0 Å². The molecule has 0 aliphatic heterocycles. The van der Waals surface area contributed by atoms with Crippen molar-refractivity contribution < 1.29 is 5.11 Å². The Hall–Kier alpha value is -0.980. The van der Waals surface area contributed by atoms with E-state index in [9.17, 15) is 5.11 Å². The third kappa shape index (κ3) is 2.03. The number of hydrogen-bond donors (Lipinski definition) is 1. The van der Waals surface area contributed by atoms with Crippen LogP contribution < -0.4 is 0 Å². The molecule has 1 nitrogen and oxygen atoms in total. The molecule has 0 heterocycles. The normalized spacial score (nSPS) is 11.2. The molecule has 0 aliphatic carbocycles. The topological polar surface area (TPSA) is 20.2 Å². The molecular formula is C12H17O. The SMILES string of the molecule is CC(C)c1cc[c]c(O)c1C(C)C. The van der Waals surface area contributed by atoms with E-state index in [1.807, 2.05) is 6.07 Å². The lowest BCUT2D eigenvalue weighted by Gasteiger charge is -2.16. The van der Waals surface area contributed by atoms with E-state index < -0.39 is 0 Å². The second-order valence-corrected chi connectivity index (χ2v) is 4.00. The molecule has 1 N–H and O–H groups in total. The lowest BCUT2D eigenvalue weighted by Crippen LogP contribution is -1.98. The first kappa shape index (κ1) is 10.1. The third-order valence-corrected chi connectivity index (χ3v) is 2.25. The highest BCUT2D eigenvalue weighted by Gasteiger charge is 2.13. The van der Waals surface area contributed by atoms with Crippen LogP contribution in [0.2, 0.25) is 0 Å². The molecule has 0 atom stereocenters. The maximum atomic E-state index is 9.66. The molecule has 1 aromatic rings. The van der Waals surface area contributed by atoms with Gasteiger partial charge < -0.3 is 5.11 Å². The maximum Gasteiger partial charge on any atom is 0.127 e. The summed E-state index contributed by atoms with van der Waals surface area (Å²) in [5, 5.41) is 9.66. The van der Waals surface area contributed by atoms with Crippen LogP contribution in [0, 0.1) is 6.07 Å². The van der Waals surface area contributed by atoms with Gasteiger partial charge in [0.25, 0.3) is 0 Å². The second-order valence-electron chi connectivity index (χ2n) is 4.00. The Morgan fingerprint density at radius 3 is 2.15 bits per heavy atom. The summed E-state index contributed by atoms with van der Waals surface area (Å²) in [4.78, 5) is 0. The highest BCUT2D eigenvalue weighted by atomic mass is 16.3. The largest absolute Gasteiger partial charge is 0.507 e. The van der Waals surface area contributed by atoms with Crippen molar-refractivity contribution in [3.8, 4) is 5.75 Å². The molecular weight excluding hydrogens is 160 g/mol. The summed E-state index contributed by atoms with van der Waals surface area (Å²) in [6.07, 6.45) is 0. The van der Waals surface area contributed by atoms with Gasteiger partial charge in [0.2, 0.25) is 0 Å². The maximum absolute atomic E-state index is 9.66. The van der Waals surface area contributed by atoms with E-state index in [0.717, 1.165) is 5.56 Å². The zero-order valence-electron chi connectivity index (χ0n) is 8.76. The van der Waals surface area contributed by atoms with Gasteiger partial charge in [-0.2, -0.15) is 0 Å². The summed E-state index contributed by atoms with van der Waals surface area (Å²) in [7, 11) is 0. The summed E-state index contributed by atoms with van der Waals surface area (Å²) in [5.74, 6) is 1.12. The number of phenolic OH excluding ortho intramolecular Hbond substituents is 1. The average molecular weight is 177 g/mol. The molecule has 0 aliphatic rings. The van der Waals surface area contributed by atoms with Gasteiger partial charge in [-0.1, -0.05) is 39.8 Å². The summed E-state index contributed by atoms with van der Waals surface area (Å²) in [6.45, 7) is 8.46. The second kappa shape index (κ2) is 3.82. The Kier molecular flexibility index (Phi) is 2.97. The van der Waals surface area contributed by atoms with Crippen LogP contribution in [0.25, 0.3) is 0 Å². The number of phenols is 1. The predicted molar refractivity (Wildman–Crippen MR) is 55.1 cm³/mol. The molecule has 1 aromatic carbocycles. The van der Waals surface area contributed by atoms with Gasteiger partial charge in [-0.3, -0.25) is 0 Å². The van der Waals surface area contributed by atoms with Crippen molar-refractivity contribution in [1.29, 1.82) is 0 Å². The van der Waals surface area contributed by atoms with Crippen LogP contribution in [-0.4, -0.2) is 5.11 Å². The average Bonchev–Trinajstić information content (AvgIpc) is 2.02. The minimum absolute atomic E-state index is 0.307. The van der Waals surface area contributed by atoms with Crippen LogP contribution in [0.1, 0.15) is 50.7 Å². The van der Waals surface area contributed by atoms with Crippen molar-refractivity contribution in [3.05, 3.63) is 29.3 Å². The first-order chi connectivity index (χ1) is 6.04. The predicted octanol–water partition coefficient (Wildman–Crippen LogP) is 3.44. The standard InChI is InChI=1S/C12H17O/c1-8(2)10-6-5-7-11(13)12(10)9(3)4/h5-6,8-9,13H,1-4H3. The quantitative estimate of drug-likeness (QED) is 0.733. The van der Waals surface area contributed by atoms with Crippen molar-refractivity contribution >= 4 is 0 Å². The first-order valence-corrected chi connectivity index (χ1v) is 4.77. The first-order valence-electron chi connectivity index (χ1n) is 4.77. The molecule has 71 valence electrons. The van der Waals surface area contributed by atoms with Crippen LogP contribution >= 0.6 is 0 Å². The van der Waals surface area contributed by atoms with Gasteiger partial charge in [0, 0.05) is 11.6 Å². The monoisotopic (exact) mass is 177 g/mol. The smallest absolute Gasteiger partial charge is 0.127 e. The van der Waals surface area contributed by atoms with Crippen molar-refractivity contribution in [2.45, 2.75) is 39.5 Å². The Balaban J connectivity index is 3.26. The minimum Gasteiger partial charge on any atom is -0.507 e. The Bertz CT molecular complexity index is 287. The highest BCUT2D eigenvalue weighted by Crippen LogP contribution is 2.32. The molecule has 0 unspecified atom stereocenters.